The molecule has 3 N–H and O–H groups in total. The third kappa shape index (κ3) is 6.44. The van der Waals surface area contributed by atoms with E-state index in [1.165, 1.54) is 0 Å². The van der Waals surface area contributed by atoms with Crippen molar-refractivity contribution in [1.29, 1.82) is 0 Å². The van der Waals surface area contributed by atoms with Crippen LogP contribution in [-0.4, -0.2) is 41.9 Å². The fraction of sp³-hybridized carbons (Fsp3) is 0.833. The topological polar surface area (TPSA) is 87.7 Å². The molecule has 0 aliphatic heterocycles. The average Bonchev–Trinajstić information content (AvgIpc) is 2.22. The highest BCUT2D eigenvalue weighted by Crippen LogP contribution is 2.07. The van der Waals surface area contributed by atoms with Gasteiger partial charge in [0.15, 0.2) is 0 Å². The van der Waals surface area contributed by atoms with Gasteiger partial charge in [0.05, 0.1) is 5.60 Å². The molecule has 0 aromatic carbocycles. The van der Waals surface area contributed by atoms with Crippen LogP contribution in [0.3, 0.4) is 0 Å². The van der Waals surface area contributed by atoms with Crippen molar-refractivity contribution in [2.24, 2.45) is 5.92 Å². The molecule has 0 aromatic rings. The molecule has 18 heavy (non-hydrogen) atoms. The van der Waals surface area contributed by atoms with Gasteiger partial charge in [0, 0.05) is 13.2 Å². The van der Waals surface area contributed by atoms with Crippen molar-refractivity contribution in [3.63, 3.8) is 0 Å². The lowest BCUT2D eigenvalue weighted by molar-refractivity contribution is -0.140. The van der Waals surface area contributed by atoms with Crippen LogP contribution in [0.15, 0.2) is 0 Å². The Kier molecular flexibility index (Phi) is 6.68. The molecule has 106 valence electrons. The van der Waals surface area contributed by atoms with Crippen LogP contribution in [0.5, 0.6) is 0 Å². The van der Waals surface area contributed by atoms with Crippen LogP contribution in [0.25, 0.3) is 0 Å². The van der Waals surface area contributed by atoms with Crippen molar-refractivity contribution in [1.82, 2.24) is 10.6 Å². The Labute approximate surface area is 108 Å². The summed E-state index contributed by atoms with van der Waals surface area (Å²) in [6, 6.07) is -1.39. The Morgan fingerprint density at radius 3 is 2.28 bits per heavy atom. The van der Waals surface area contributed by atoms with Crippen molar-refractivity contribution >= 4 is 12.0 Å². The van der Waals surface area contributed by atoms with Crippen molar-refractivity contribution in [3.05, 3.63) is 0 Å². The molecule has 6 nitrogen and oxygen atoms in total. The van der Waals surface area contributed by atoms with Gasteiger partial charge < -0.3 is 20.5 Å². The first-order valence-corrected chi connectivity index (χ1v) is 6.10. The minimum absolute atomic E-state index is 0.173. The summed E-state index contributed by atoms with van der Waals surface area (Å²) >= 11 is 0. The number of hydrogen-bond acceptors (Lipinski definition) is 3. The number of amides is 2. The fourth-order valence-corrected chi connectivity index (χ4v) is 1.44. The molecule has 1 unspecified atom stereocenters. The van der Waals surface area contributed by atoms with Crippen LogP contribution in [0, 0.1) is 5.92 Å². The van der Waals surface area contributed by atoms with Gasteiger partial charge in [0.25, 0.3) is 0 Å². The normalized spacial score (nSPS) is 13.2. The zero-order valence-electron chi connectivity index (χ0n) is 11.7. The molecule has 0 spiro atoms. The molecule has 0 heterocycles. The third-order valence-electron chi connectivity index (χ3n) is 2.43. The molecule has 0 aliphatic carbocycles. The van der Waals surface area contributed by atoms with Gasteiger partial charge in [-0.1, -0.05) is 13.8 Å². The maximum Gasteiger partial charge on any atom is 0.326 e. The first-order valence-electron chi connectivity index (χ1n) is 6.10. The highest BCUT2D eigenvalue weighted by Gasteiger charge is 2.24. The summed E-state index contributed by atoms with van der Waals surface area (Å²) in [4.78, 5) is 22.5. The number of carboxylic acid groups (broad SMARTS) is 1. The average molecular weight is 260 g/mol. The summed E-state index contributed by atoms with van der Waals surface area (Å²) in [5.74, 6) is -1.21. The second kappa shape index (κ2) is 7.20. The van der Waals surface area contributed by atoms with E-state index in [0.717, 1.165) is 0 Å². The van der Waals surface area contributed by atoms with Crippen LogP contribution >= 0.6 is 0 Å². The van der Waals surface area contributed by atoms with E-state index in [0.29, 0.717) is 13.2 Å². The number of aliphatic carboxylic acids is 1. The number of ether oxygens (including phenoxy) is 1. The number of hydrogen-bond donors (Lipinski definition) is 3. The lowest BCUT2D eigenvalue weighted by Crippen LogP contribution is -2.51. The molecule has 0 rings (SSSR count). The van der Waals surface area contributed by atoms with E-state index in [1.807, 2.05) is 20.8 Å². The Morgan fingerprint density at radius 1 is 1.33 bits per heavy atom. The van der Waals surface area contributed by atoms with Gasteiger partial charge in [-0.05, 0) is 26.7 Å². The lowest BCUT2D eigenvalue weighted by atomic mass is 10.1. The quantitative estimate of drug-likeness (QED) is 0.642. The Hall–Kier alpha value is -1.30. The molecule has 0 radical (unpaired) electrons. The van der Waals surface area contributed by atoms with Crippen LogP contribution in [-0.2, 0) is 9.53 Å². The van der Waals surface area contributed by atoms with E-state index in [2.05, 4.69) is 10.6 Å². The van der Waals surface area contributed by atoms with Crippen molar-refractivity contribution in [3.8, 4) is 0 Å². The molecule has 6 heteroatoms. The van der Waals surface area contributed by atoms with E-state index in [4.69, 9.17) is 9.84 Å². The van der Waals surface area contributed by atoms with Crippen molar-refractivity contribution in [2.45, 2.75) is 46.3 Å². The highest BCUT2D eigenvalue weighted by atomic mass is 16.5. The zero-order valence-corrected chi connectivity index (χ0v) is 11.7. The predicted octanol–water partition coefficient (Wildman–Crippen LogP) is 1.21. The first-order chi connectivity index (χ1) is 8.19. The standard InChI is InChI=1S/C12H24N2O4/c1-6-18-12(4,5)7-13-11(17)14-9(8(2)3)10(15)16/h8-9H,6-7H2,1-5H3,(H,15,16)(H2,13,14,17). The van der Waals surface area contributed by atoms with Gasteiger partial charge in [0.1, 0.15) is 6.04 Å². The molecule has 0 saturated heterocycles. The molecular weight excluding hydrogens is 236 g/mol. The van der Waals surface area contributed by atoms with Gasteiger partial charge in [-0.2, -0.15) is 0 Å². The Bertz CT molecular complexity index is 290. The third-order valence-corrected chi connectivity index (χ3v) is 2.43. The SMILES string of the molecule is CCOC(C)(C)CNC(=O)NC(C(=O)O)C(C)C. The second-order valence-electron chi connectivity index (χ2n) is 5.08. The monoisotopic (exact) mass is 260 g/mol. The predicted molar refractivity (Wildman–Crippen MR) is 68.5 cm³/mol. The summed E-state index contributed by atoms with van der Waals surface area (Å²) in [5.41, 5.74) is -0.470. The van der Waals surface area contributed by atoms with Crippen LogP contribution in [0.4, 0.5) is 4.79 Å². The Balaban J connectivity index is 4.22. The summed E-state index contributed by atoms with van der Waals surface area (Å²) < 4.78 is 5.42. The zero-order chi connectivity index (χ0) is 14.3. The maximum atomic E-state index is 11.6. The smallest absolute Gasteiger partial charge is 0.326 e. The van der Waals surface area contributed by atoms with Crippen LogP contribution in [0.2, 0.25) is 0 Å². The minimum Gasteiger partial charge on any atom is -0.480 e. The molecule has 0 aromatic heterocycles. The van der Waals surface area contributed by atoms with Gasteiger partial charge in [-0.15, -0.1) is 0 Å². The van der Waals surface area contributed by atoms with Crippen LogP contribution < -0.4 is 10.6 Å². The minimum atomic E-state index is -1.04. The molecular formula is C12H24N2O4. The summed E-state index contributed by atoms with van der Waals surface area (Å²) in [6.07, 6.45) is 0. The summed E-state index contributed by atoms with van der Waals surface area (Å²) in [5, 5.41) is 14.0. The van der Waals surface area contributed by atoms with Gasteiger partial charge in [-0.3, -0.25) is 0 Å². The molecule has 2 amide bonds. The molecule has 0 bridgehead atoms. The summed E-state index contributed by atoms with van der Waals surface area (Å²) in [6.45, 7) is 9.94. The van der Waals surface area contributed by atoms with E-state index >= 15 is 0 Å². The van der Waals surface area contributed by atoms with E-state index in [1.54, 1.807) is 13.8 Å². The number of carbonyl (C=O) groups is 2. The van der Waals surface area contributed by atoms with E-state index in [9.17, 15) is 9.59 Å². The number of carbonyl (C=O) groups excluding carboxylic acids is 1. The molecule has 0 saturated carbocycles. The number of carboxylic acids is 1. The van der Waals surface area contributed by atoms with Gasteiger partial charge in [-0.25, -0.2) is 9.59 Å². The van der Waals surface area contributed by atoms with Gasteiger partial charge in [0.2, 0.25) is 0 Å². The largest absolute Gasteiger partial charge is 0.480 e. The Morgan fingerprint density at radius 2 is 1.89 bits per heavy atom. The molecule has 0 aliphatic rings. The van der Waals surface area contributed by atoms with E-state index in [-0.39, 0.29) is 5.92 Å². The lowest BCUT2D eigenvalue weighted by Gasteiger charge is -2.26. The maximum absolute atomic E-state index is 11.6. The highest BCUT2D eigenvalue weighted by molar-refractivity contribution is 5.82. The fourth-order valence-electron chi connectivity index (χ4n) is 1.44. The van der Waals surface area contributed by atoms with Crippen molar-refractivity contribution in [2.75, 3.05) is 13.2 Å². The molecule has 1 atom stereocenters. The number of rotatable bonds is 7. The van der Waals surface area contributed by atoms with Gasteiger partial charge >= 0.3 is 12.0 Å². The van der Waals surface area contributed by atoms with Crippen molar-refractivity contribution < 1.29 is 19.4 Å². The number of urea groups is 1. The summed E-state index contributed by atoms with van der Waals surface area (Å²) in [7, 11) is 0. The van der Waals surface area contributed by atoms with E-state index < -0.39 is 23.6 Å². The van der Waals surface area contributed by atoms with Crippen LogP contribution in [0.1, 0.15) is 34.6 Å². The second-order valence-corrected chi connectivity index (χ2v) is 5.08. The first kappa shape index (κ1) is 16.7. The molecule has 0 fully saturated rings. The number of nitrogens with one attached hydrogen (secondary N) is 2.